The van der Waals surface area contributed by atoms with Gasteiger partial charge in [-0.3, -0.25) is 0 Å². The van der Waals surface area contributed by atoms with Gasteiger partial charge in [0.15, 0.2) is 0 Å². The lowest BCUT2D eigenvalue weighted by Gasteiger charge is -2.12. The second-order valence-electron chi connectivity index (χ2n) is 4.16. The molecule has 0 amide bonds. The third-order valence-corrected chi connectivity index (χ3v) is 0.907. The number of aliphatic hydroxyl groups is 2. The summed E-state index contributed by atoms with van der Waals surface area (Å²) >= 11 is 0. The maximum absolute atomic E-state index is 8.70. The van der Waals surface area contributed by atoms with Crippen molar-refractivity contribution in [3.05, 3.63) is 0 Å². The molecule has 0 fully saturated rings. The van der Waals surface area contributed by atoms with Crippen LogP contribution in [-0.4, -0.2) is 34.5 Å². The van der Waals surface area contributed by atoms with Gasteiger partial charge in [-0.25, -0.2) is 0 Å². The van der Waals surface area contributed by atoms with Gasteiger partial charge in [0.25, 0.3) is 0 Å². The first kappa shape index (κ1) is 14.4. The molecule has 0 aliphatic rings. The third-order valence-electron chi connectivity index (χ3n) is 0.907. The van der Waals surface area contributed by atoms with Gasteiger partial charge in [-0.05, 0) is 27.7 Å². The maximum atomic E-state index is 8.70. The lowest BCUT2D eigenvalue weighted by atomic mass is 10.1. The molecule has 12 heavy (non-hydrogen) atoms. The number of rotatable bonds is 2. The van der Waals surface area contributed by atoms with Crippen molar-refractivity contribution in [1.82, 2.24) is 0 Å². The monoisotopic (exact) mass is 178 g/mol. The Morgan fingerprint density at radius 2 is 1.33 bits per heavy atom. The van der Waals surface area contributed by atoms with Crippen molar-refractivity contribution in [3.8, 4) is 0 Å². The van der Waals surface area contributed by atoms with Gasteiger partial charge in [0.2, 0.25) is 0 Å². The molecule has 4 heteroatoms. The summed E-state index contributed by atoms with van der Waals surface area (Å²) in [6.07, 6.45) is 0. The summed E-state index contributed by atoms with van der Waals surface area (Å²) < 4.78 is 0. The lowest BCUT2D eigenvalue weighted by Crippen LogP contribution is -2.35. The zero-order chi connectivity index (χ0) is 10.4. The summed E-state index contributed by atoms with van der Waals surface area (Å²) in [7, 11) is 0. The van der Waals surface area contributed by atoms with Crippen LogP contribution >= 0.6 is 0 Å². The minimum absolute atomic E-state index is 0.0486. The van der Waals surface area contributed by atoms with Crippen molar-refractivity contribution in [1.29, 1.82) is 0 Å². The van der Waals surface area contributed by atoms with Crippen molar-refractivity contribution in [2.24, 2.45) is 11.5 Å². The number of nitrogens with two attached hydrogens (primary N) is 2. The van der Waals surface area contributed by atoms with Gasteiger partial charge >= 0.3 is 0 Å². The SMILES string of the molecule is CC(C)(N)CO.CC(C)(O)CN. The smallest absolute Gasteiger partial charge is 0.0713 e. The molecule has 0 bridgehead atoms. The number of aliphatic hydroxyl groups excluding tert-OH is 1. The molecule has 0 heterocycles. The molecule has 0 spiro atoms. The Morgan fingerprint density at radius 3 is 1.33 bits per heavy atom. The standard InChI is InChI=1S/2C4H11NO/c1-4(2,5)3-6;1-4(2,6)3-5/h2*6H,3,5H2,1-2H3. The molecule has 6 N–H and O–H groups in total. The predicted octanol–water partition coefficient (Wildman–Crippen LogP) is -0.568. The van der Waals surface area contributed by atoms with Crippen molar-refractivity contribution in [3.63, 3.8) is 0 Å². The van der Waals surface area contributed by atoms with Crippen LogP contribution in [0.5, 0.6) is 0 Å². The lowest BCUT2D eigenvalue weighted by molar-refractivity contribution is 0.0898. The molecule has 0 atom stereocenters. The van der Waals surface area contributed by atoms with Gasteiger partial charge in [-0.15, -0.1) is 0 Å². The first-order chi connectivity index (χ1) is 5.12. The summed E-state index contributed by atoms with van der Waals surface area (Å²) in [5.41, 5.74) is 9.26. The van der Waals surface area contributed by atoms with E-state index in [2.05, 4.69) is 0 Å². The summed E-state index contributed by atoms with van der Waals surface area (Å²) in [6, 6.07) is 0. The Labute approximate surface area is 74.6 Å². The zero-order valence-corrected chi connectivity index (χ0v) is 8.46. The largest absolute Gasteiger partial charge is 0.394 e. The van der Waals surface area contributed by atoms with E-state index in [1.54, 1.807) is 27.7 Å². The summed E-state index contributed by atoms with van der Waals surface area (Å²) in [6.45, 7) is 7.26. The van der Waals surface area contributed by atoms with Gasteiger partial charge in [-0.1, -0.05) is 0 Å². The van der Waals surface area contributed by atoms with Crippen molar-refractivity contribution in [2.75, 3.05) is 13.2 Å². The van der Waals surface area contributed by atoms with E-state index in [1.807, 2.05) is 0 Å². The second-order valence-corrected chi connectivity index (χ2v) is 4.16. The van der Waals surface area contributed by atoms with E-state index in [9.17, 15) is 0 Å². The van der Waals surface area contributed by atoms with Crippen molar-refractivity contribution < 1.29 is 10.2 Å². The Balaban J connectivity index is 0. The highest BCUT2D eigenvalue weighted by atomic mass is 16.3. The Hall–Kier alpha value is -0.160. The quantitative estimate of drug-likeness (QED) is 0.456. The average Bonchev–Trinajstić information content (AvgIpc) is 1.86. The van der Waals surface area contributed by atoms with Crippen LogP contribution in [0.15, 0.2) is 0 Å². The van der Waals surface area contributed by atoms with Crippen molar-refractivity contribution >= 4 is 0 Å². The first-order valence-electron chi connectivity index (χ1n) is 3.94. The first-order valence-corrected chi connectivity index (χ1v) is 3.94. The molecule has 0 aromatic rings. The van der Waals surface area contributed by atoms with Gasteiger partial charge in [0.1, 0.15) is 0 Å². The molecular weight excluding hydrogens is 156 g/mol. The molecule has 0 aliphatic heterocycles. The molecule has 0 unspecified atom stereocenters. The van der Waals surface area contributed by atoms with Crippen LogP contribution in [0.25, 0.3) is 0 Å². The zero-order valence-electron chi connectivity index (χ0n) is 8.46. The van der Waals surface area contributed by atoms with E-state index in [4.69, 9.17) is 21.7 Å². The molecule has 0 aromatic heterocycles. The highest BCUT2D eigenvalue weighted by Gasteiger charge is 2.06. The van der Waals surface area contributed by atoms with E-state index in [0.29, 0.717) is 6.54 Å². The van der Waals surface area contributed by atoms with Gasteiger partial charge in [0.05, 0.1) is 12.2 Å². The normalized spacial score (nSPS) is 12.0. The number of hydrogen-bond acceptors (Lipinski definition) is 4. The molecule has 0 aromatic carbocycles. The highest BCUT2D eigenvalue weighted by Crippen LogP contribution is 1.93. The summed E-state index contributed by atoms with van der Waals surface area (Å²) in [4.78, 5) is 0. The molecule has 0 rings (SSSR count). The van der Waals surface area contributed by atoms with Crippen LogP contribution in [-0.2, 0) is 0 Å². The van der Waals surface area contributed by atoms with Crippen LogP contribution in [0, 0.1) is 0 Å². The van der Waals surface area contributed by atoms with Crippen LogP contribution in [0.1, 0.15) is 27.7 Å². The fourth-order valence-electron chi connectivity index (χ4n) is 0. The van der Waals surface area contributed by atoms with E-state index < -0.39 is 11.1 Å². The average molecular weight is 178 g/mol. The van der Waals surface area contributed by atoms with Gasteiger partial charge < -0.3 is 21.7 Å². The maximum Gasteiger partial charge on any atom is 0.0713 e. The Kier molecular flexibility index (Phi) is 6.56. The van der Waals surface area contributed by atoms with Crippen LogP contribution in [0.3, 0.4) is 0 Å². The van der Waals surface area contributed by atoms with Crippen molar-refractivity contribution in [2.45, 2.75) is 38.8 Å². The van der Waals surface area contributed by atoms with Crippen LogP contribution < -0.4 is 11.5 Å². The molecule has 0 aliphatic carbocycles. The summed E-state index contributed by atoms with van der Waals surface area (Å²) in [5, 5.41) is 17.0. The second kappa shape index (κ2) is 5.48. The van der Waals surface area contributed by atoms with E-state index >= 15 is 0 Å². The Bertz CT molecular complexity index is 88.6. The van der Waals surface area contributed by atoms with E-state index in [-0.39, 0.29) is 6.61 Å². The molecule has 0 radical (unpaired) electrons. The summed E-state index contributed by atoms with van der Waals surface area (Å²) in [5.74, 6) is 0. The molecule has 0 saturated heterocycles. The topological polar surface area (TPSA) is 92.5 Å². The number of hydrogen-bond donors (Lipinski definition) is 4. The highest BCUT2D eigenvalue weighted by molar-refractivity contribution is 4.67. The Morgan fingerprint density at radius 1 is 1.17 bits per heavy atom. The molecule has 4 nitrogen and oxygen atoms in total. The third kappa shape index (κ3) is 22.5. The molecular formula is C8H22N2O2. The minimum atomic E-state index is -0.681. The molecule has 76 valence electrons. The van der Waals surface area contributed by atoms with Crippen LogP contribution in [0.4, 0.5) is 0 Å². The fraction of sp³-hybridized carbons (Fsp3) is 1.00. The van der Waals surface area contributed by atoms with Gasteiger partial charge in [0, 0.05) is 12.1 Å². The molecule has 0 saturated carbocycles. The van der Waals surface area contributed by atoms with E-state index in [1.165, 1.54) is 0 Å². The van der Waals surface area contributed by atoms with E-state index in [0.717, 1.165) is 0 Å². The predicted molar refractivity (Wildman–Crippen MR) is 50.7 cm³/mol. The van der Waals surface area contributed by atoms with Crippen LogP contribution in [0.2, 0.25) is 0 Å². The minimum Gasteiger partial charge on any atom is -0.394 e. The fourth-order valence-corrected chi connectivity index (χ4v) is 0. The van der Waals surface area contributed by atoms with Gasteiger partial charge in [-0.2, -0.15) is 0 Å².